The lowest BCUT2D eigenvalue weighted by Gasteiger charge is -2.19. The molecule has 7 heteroatoms. The van der Waals surface area contributed by atoms with Crippen molar-refractivity contribution in [2.24, 2.45) is 16.5 Å². The van der Waals surface area contributed by atoms with E-state index in [0.717, 1.165) is 18.2 Å². The number of carbonyl (C=O) groups is 1. The third-order valence-corrected chi connectivity index (χ3v) is 4.84. The summed E-state index contributed by atoms with van der Waals surface area (Å²) in [6, 6.07) is 3.28. The summed E-state index contributed by atoms with van der Waals surface area (Å²) in [6.07, 6.45) is 2.35. The van der Waals surface area contributed by atoms with E-state index >= 15 is 0 Å². The van der Waals surface area contributed by atoms with Gasteiger partial charge in [-0.1, -0.05) is 26.8 Å². The van der Waals surface area contributed by atoms with Crippen molar-refractivity contribution in [3.63, 3.8) is 0 Å². The van der Waals surface area contributed by atoms with Gasteiger partial charge in [-0.05, 0) is 36.0 Å². The lowest BCUT2D eigenvalue weighted by atomic mass is 9.93. The van der Waals surface area contributed by atoms with Gasteiger partial charge in [-0.2, -0.15) is 4.99 Å². The summed E-state index contributed by atoms with van der Waals surface area (Å²) in [5.41, 5.74) is 11.9. The molecule has 0 bridgehead atoms. The summed E-state index contributed by atoms with van der Waals surface area (Å²) in [4.78, 5) is 15.9. The first kappa shape index (κ1) is 18.2. The lowest BCUT2D eigenvalue weighted by molar-refractivity contribution is 0.100. The van der Waals surface area contributed by atoms with Gasteiger partial charge in [0, 0.05) is 11.8 Å². The predicted octanol–water partition coefficient (Wildman–Crippen LogP) is 1.58. The first-order chi connectivity index (χ1) is 10.1. The fraction of sp³-hybridized carbons (Fsp3) is 0.467. The molecule has 1 aromatic carbocycles. The Morgan fingerprint density at radius 3 is 2.27 bits per heavy atom. The van der Waals surface area contributed by atoms with Crippen LogP contribution in [0.4, 0.5) is 0 Å². The van der Waals surface area contributed by atoms with E-state index < -0.39 is 15.7 Å². The molecule has 1 rings (SSSR count). The number of guanidine groups is 1. The number of nitrogens with two attached hydrogens (primary N) is 2. The summed E-state index contributed by atoms with van der Waals surface area (Å²) in [7, 11) is -3.48. The van der Waals surface area contributed by atoms with Crippen LogP contribution in [0.3, 0.4) is 0 Å². The van der Waals surface area contributed by atoms with Gasteiger partial charge < -0.3 is 11.5 Å². The molecule has 0 saturated heterocycles. The number of amides is 1. The van der Waals surface area contributed by atoms with Gasteiger partial charge in [0.2, 0.25) is 0 Å². The molecule has 4 N–H and O–H groups in total. The van der Waals surface area contributed by atoms with E-state index in [-0.39, 0.29) is 22.3 Å². The molecule has 0 radical (unpaired) electrons. The van der Waals surface area contributed by atoms with Gasteiger partial charge in [-0.15, -0.1) is 0 Å². The summed E-state index contributed by atoms with van der Waals surface area (Å²) in [5, 5.41) is 0. The van der Waals surface area contributed by atoms with Crippen molar-refractivity contribution in [2.75, 3.05) is 6.26 Å². The van der Waals surface area contributed by atoms with Crippen molar-refractivity contribution >= 4 is 21.7 Å². The molecule has 22 heavy (non-hydrogen) atoms. The lowest BCUT2D eigenvalue weighted by Crippen LogP contribution is -2.24. The maximum atomic E-state index is 12.3. The summed E-state index contributed by atoms with van der Waals surface area (Å²) < 4.78 is 24.5. The van der Waals surface area contributed by atoms with Crippen LogP contribution in [0.25, 0.3) is 0 Å². The highest BCUT2D eigenvalue weighted by Gasteiger charge is 2.25. The number of rotatable bonds is 5. The SMILES string of the molecule is CCc1c(C(=O)N=C(N)N)ccc(C(C)CC)c1S(C)(=O)=O. The van der Waals surface area contributed by atoms with Crippen LogP contribution < -0.4 is 11.5 Å². The number of nitrogens with zero attached hydrogens (tertiary/aromatic N) is 1. The Hall–Kier alpha value is -1.89. The molecule has 0 aliphatic rings. The van der Waals surface area contributed by atoms with Crippen LogP contribution in [0.1, 0.15) is 54.6 Å². The first-order valence-electron chi connectivity index (χ1n) is 7.13. The Morgan fingerprint density at radius 2 is 1.86 bits per heavy atom. The second-order valence-corrected chi connectivity index (χ2v) is 7.24. The van der Waals surface area contributed by atoms with E-state index in [1.165, 1.54) is 0 Å². The second-order valence-electron chi connectivity index (χ2n) is 5.29. The van der Waals surface area contributed by atoms with E-state index in [9.17, 15) is 13.2 Å². The third kappa shape index (κ3) is 3.85. The van der Waals surface area contributed by atoms with Crippen LogP contribution in [0.5, 0.6) is 0 Å². The molecule has 0 spiro atoms. The van der Waals surface area contributed by atoms with Crippen LogP contribution in [0.2, 0.25) is 0 Å². The smallest absolute Gasteiger partial charge is 0.280 e. The molecule has 0 aliphatic carbocycles. The monoisotopic (exact) mass is 325 g/mol. The van der Waals surface area contributed by atoms with Crippen molar-refractivity contribution in [1.82, 2.24) is 0 Å². The van der Waals surface area contributed by atoms with E-state index in [2.05, 4.69) is 4.99 Å². The Labute approximate surface area is 131 Å². The molecule has 0 aliphatic heterocycles. The molecule has 1 atom stereocenters. The molecule has 0 heterocycles. The average molecular weight is 325 g/mol. The first-order valence-corrected chi connectivity index (χ1v) is 9.02. The minimum atomic E-state index is -3.48. The molecule has 0 saturated carbocycles. The Morgan fingerprint density at radius 1 is 1.27 bits per heavy atom. The molecule has 6 nitrogen and oxygen atoms in total. The van der Waals surface area contributed by atoms with Crippen molar-refractivity contribution in [3.8, 4) is 0 Å². The van der Waals surface area contributed by atoms with Gasteiger partial charge in [-0.3, -0.25) is 4.79 Å². The number of carbonyl (C=O) groups excluding carboxylic acids is 1. The minimum Gasteiger partial charge on any atom is -0.370 e. The zero-order valence-electron chi connectivity index (χ0n) is 13.4. The molecular formula is C15H23N3O3S. The maximum Gasteiger partial charge on any atom is 0.280 e. The van der Waals surface area contributed by atoms with E-state index in [1.807, 2.05) is 13.8 Å². The standard InChI is InChI=1S/C15H23N3O3S/c1-5-9(3)11-7-8-12(14(19)18-15(16)17)10(6-2)13(11)22(4,20)21/h7-9H,5-6H2,1-4H3,(H4,16,17,18,19). The molecule has 0 aromatic heterocycles. The largest absolute Gasteiger partial charge is 0.370 e. The number of aliphatic imine (C=N–C) groups is 1. The highest BCUT2D eigenvalue weighted by molar-refractivity contribution is 7.90. The van der Waals surface area contributed by atoms with Crippen molar-refractivity contribution in [1.29, 1.82) is 0 Å². The zero-order chi connectivity index (χ0) is 17.1. The van der Waals surface area contributed by atoms with Gasteiger partial charge in [0.25, 0.3) is 5.91 Å². The van der Waals surface area contributed by atoms with Gasteiger partial charge >= 0.3 is 0 Å². The summed E-state index contributed by atoms with van der Waals surface area (Å²) in [6.45, 7) is 5.75. The quantitative estimate of drug-likeness (QED) is 0.630. The van der Waals surface area contributed by atoms with Gasteiger partial charge in [0.1, 0.15) is 0 Å². The zero-order valence-corrected chi connectivity index (χ0v) is 14.2. The maximum absolute atomic E-state index is 12.3. The van der Waals surface area contributed by atoms with Crippen LogP contribution in [0, 0.1) is 0 Å². The molecule has 1 amide bonds. The fourth-order valence-corrected chi connectivity index (χ4v) is 3.82. The van der Waals surface area contributed by atoms with E-state index in [1.54, 1.807) is 19.1 Å². The van der Waals surface area contributed by atoms with Gasteiger partial charge in [0.15, 0.2) is 15.8 Å². The summed E-state index contributed by atoms with van der Waals surface area (Å²) in [5.74, 6) is -0.904. The van der Waals surface area contributed by atoms with Crippen LogP contribution in [0.15, 0.2) is 22.0 Å². The van der Waals surface area contributed by atoms with Crippen molar-refractivity contribution in [3.05, 3.63) is 28.8 Å². The predicted molar refractivity (Wildman–Crippen MR) is 87.8 cm³/mol. The van der Waals surface area contributed by atoms with Crippen LogP contribution in [-0.2, 0) is 16.3 Å². The number of hydrogen-bond acceptors (Lipinski definition) is 3. The third-order valence-electron chi connectivity index (χ3n) is 3.62. The van der Waals surface area contributed by atoms with Crippen LogP contribution in [-0.4, -0.2) is 26.5 Å². The van der Waals surface area contributed by atoms with E-state index in [4.69, 9.17) is 11.5 Å². The average Bonchev–Trinajstić information content (AvgIpc) is 2.42. The Balaban J connectivity index is 3.74. The molecule has 1 aromatic rings. The van der Waals surface area contributed by atoms with Crippen molar-refractivity contribution < 1.29 is 13.2 Å². The van der Waals surface area contributed by atoms with Gasteiger partial charge in [-0.25, -0.2) is 8.42 Å². The summed E-state index contributed by atoms with van der Waals surface area (Å²) >= 11 is 0. The Kier molecular flexibility index (Phi) is 5.71. The molecule has 1 unspecified atom stereocenters. The minimum absolute atomic E-state index is 0.0715. The highest BCUT2D eigenvalue weighted by atomic mass is 32.2. The molecule has 0 fully saturated rings. The number of benzene rings is 1. The number of sulfone groups is 1. The topological polar surface area (TPSA) is 116 Å². The van der Waals surface area contributed by atoms with Crippen LogP contribution >= 0.6 is 0 Å². The van der Waals surface area contributed by atoms with E-state index in [0.29, 0.717) is 12.0 Å². The highest BCUT2D eigenvalue weighted by Crippen LogP contribution is 2.32. The Bertz CT molecular complexity index is 705. The molecule has 122 valence electrons. The fourth-order valence-electron chi connectivity index (χ4n) is 2.42. The normalized spacial score (nSPS) is 12.7. The van der Waals surface area contributed by atoms with Gasteiger partial charge in [0.05, 0.1) is 4.90 Å². The molecular weight excluding hydrogens is 302 g/mol. The second kappa shape index (κ2) is 6.91. The van der Waals surface area contributed by atoms with Crippen molar-refractivity contribution in [2.45, 2.75) is 44.4 Å². The number of hydrogen-bond donors (Lipinski definition) is 2.